The van der Waals surface area contributed by atoms with Crippen molar-refractivity contribution < 1.29 is 145 Å². The Morgan fingerprint density at radius 2 is 0.966 bits per heavy atom. The second-order valence-electron chi connectivity index (χ2n) is 36.1. The molecule has 0 aromatic heterocycles. The third kappa shape index (κ3) is 29.9. The molecule has 4 heterocycles. The lowest BCUT2D eigenvalue weighted by molar-refractivity contribution is -0.438. The Morgan fingerprint density at radius 1 is 0.490 bits per heavy atom. The van der Waals surface area contributed by atoms with E-state index in [1.807, 2.05) is 49.3 Å². The van der Waals surface area contributed by atoms with Gasteiger partial charge in [0.05, 0.1) is 66.9 Å². The predicted octanol–water partition coefficient (Wildman–Crippen LogP) is 8.85. The number of carbonyl (C=O) groups excluding carboxylic acids is 6. The van der Waals surface area contributed by atoms with Gasteiger partial charge in [-0.1, -0.05) is 138 Å². The number of hydroxylamine groups is 2. The molecule has 796 valence electrons. The number of alkyl carbamates (subject to hydrolysis) is 2. The average Bonchev–Trinajstić information content (AvgIpc) is 1.57. The molecule has 8 aromatic rings. The molecule has 2 fully saturated rings. The van der Waals surface area contributed by atoms with Crippen LogP contribution in [0, 0.1) is 0 Å². The molecule has 4 aliphatic rings. The molecule has 43 nitrogen and oxygen atoms in total. The first-order valence-corrected chi connectivity index (χ1v) is 55.7. The van der Waals surface area contributed by atoms with Crippen LogP contribution in [0.25, 0.3) is 32.7 Å². The summed E-state index contributed by atoms with van der Waals surface area (Å²) in [6.45, 7) is 11.5. The van der Waals surface area contributed by atoms with Crippen molar-refractivity contribution in [2.75, 3.05) is 143 Å². The largest absolute Gasteiger partial charge is 0.497 e. The van der Waals surface area contributed by atoms with Crippen LogP contribution in [0.1, 0.15) is 114 Å². The van der Waals surface area contributed by atoms with Crippen molar-refractivity contribution in [2.45, 2.75) is 153 Å². The minimum absolute atomic E-state index is 0.0261. The van der Waals surface area contributed by atoms with Crippen LogP contribution in [0.3, 0.4) is 0 Å². The number of hydrogen-bond donors (Lipinski definition) is 9. The van der Waals surface area contributed by atoms with Crippen molar-refractivity contribution in [1.29, 1.82) is 0 Å². The lowest BCUT2D eigenvalue weighted by atomic mass is 9.79. The normalized spacial score (nSPS) is 16.0. The summed E-state index contributed by atoms with van der Waals surface area (Å²) < 4.78 is 230. The number of rotatable bonds is 52. The van der Waals surface area contributed by atoms with E-state index in [1.54, 1.807) is 137 Å². The highest BCUT2D eigenvalue weighted by molar-refractivity contribution is 7.89. The van der Waals surface area contributed by atoms with Crippen LogP contribution < -0.4 is 32.1 Å². The van der Waals surface area contributed by atoms with Crippen LogP contribution >= 0.6 is 0 Å². The molecule has 12 rings (SSSR count). The number of thiol groups is 1. The first kappa shape index (κ1) is 114. The highest BCUT2D eigenvalue weighted by Crippen LogP contribution is 2.53. The number of piperazine rings is 2. The maximum absolute atomic E-state index is 14.5. The lowest BCUT2D eigenvalue weighted by Gasteiger charge is -2.34. The number of nitrogens with one attached hydrogen (secondary N) is 2. The molecule has 0 saturated carbocycles. The highest BCUT2D eigenvalue weighted by Gasteiger charge is 2.48. The van der Waals surface area contributed by atoms with Gasteiger partial charge in [-0.05, 0) is 158 Å². The number of benzene rings is 8. The van der Waals surface area contributed by atoms with Gasteiger partial charge in [-0.25, -0.2) is 36.0 Å². The summed E-state index contributed by atoms with van der Waals surface area (Å²) in [5.41, 5.74) is 4.02. The molecule has 8 aromatic carbocycles. The Kier molecular flexibility index (Phi) is 40.0. The fourth-order valence-electron chi connectivity index (χ4n) is 18.3. The molecule has 2 atom stereocenters. The molecule has 147 heavy (non-hydrogen) atoms. The Bertz CT molecular complexity index is 6860. The number of anilines is 1. The number of methoxy groups -OCH3 is 1. The monoisotopic (exact) mass is 2160 g/mol. The number of unbranched alkanes of at least 4 members (excludes halogenated alkanes) is 4. The minimum atomic E-state index is -5.11. The number of nitrogens with two attached hydrogens (primary N) is 2. The number of amides is 4. The molecule has 10 N–H and O–H groups in total. The first-order valence-electron chi connectivity index (χ1n) is 47.4. The van der Waals surface area contributed by atoms with Gasteiger partial charge in [0.1, 0.15) is 35.3 Å². The van der Waals surface area contributed by atoms with Crippen molar-refractivity contribution in [3.05, 3.63) is 216 Å². The van der Waals surface area contributed by atoms with Gasteiger partial charge in [0.2, 0.25) is 28.4 Å². The Balaban J connectivity index is 0.664. The SMILES string of the molecule is COc1ccc(-c2ccc(S(=O)(=O)N(OCCOCCN3CCN(C(=O)CCCCCN4/C(=C/C=C/C=C/C5=[N+](CCCCCC(=O)N6CCN(CCOCCON([C@@H](CCNC(=O)OCc7ccccc7)C(=O)ON)[SH](=O)=O)CC6)c6ccc7c(S(=O)(=O)O)cc(S(=O)(=O)O)cc7c6C5(C)C)C(C)(C)c5c4ccc4c(S(=O)(=O)O)cc(S(=O)(=O)O)cc54)CC3)[C@H](CCNC(=O)OCc3ccccc3)C(=O)ON)cc2)cc1. The highest BCUT2D eigenvalue weighted by atomic mass is 32.2. The van der Waals surface area contributed by atoms with Gasteiger partial charge in [-0.2, -0.15) is 50.0 Å². The van der Waals surface area contributed by atoms with Gasteiger partial charge < -0.3 is 58.7 Å². The summed E-state index contributed by atoms with van der Waals surface area (Å²) in [4.78, 5) is 105. The van der Waals surface area contributed by atoms with E-state index in [4.69, 9.17) is 45.2 Å². The fraction of sp³-hybridized carbons (Fsp3) is 0.418. The molecule has 49 heteroatoms. The van der Waals surface area contributed by atoms with E-state index >= 15 is 0 Å². The number of fused-ring (bicyclic) bond motifs is 6. The van der Waals surface area contributed by atoms with E-state index in [2.05, 4.69) is 30.1 Å². The topological polar surface area (TPSA) is 573 Å². The van der Waals surface area contributed by atoms with Crippen LogP contribution in [0.4, 0.5) is 21.0 Å². The van der Waals surface area contributed by atoms with Crippen LogP contribution in [0.15, 0.2) is 218 Å². The molecular weight excluding hydrogens is 2030 g/mol. The lowest BCUT2D eigenvalue weighted by Crippen LogP contribution is -2.49. The average molecular weight is 2160 g/mol. The van der Waals surface area contributed by atoms with Crippen LogP contribution in [0.2, 0.25) is 0 Å². The number of sulfonamides is 1. The second kappa shape index (κ2) is 51.5. The number of hydrogen-bond acceptors (Lipinski definition) is 32. The van der Waals surface area contributed by atoms with Crippen molar-refractivity contribution in [3.63, 3.8) is 0 Å². The zero-order chi connectivity index (χ0) is 106. The number of ether oxygens (including phenoxy) is 5. The van der Waals surface area contributed by atoms with Gasteiger partial charge >= 0.3 is 24.1 Å². The summed E-state index contributed by atoms with van der Waals surface area (Å²) in [6, 6.07) is 37.4. The summed E-state index contributed by atoms with van der Waals surface area (Å²) >= 11 is 0. The van der Waals surface area contributed by atoms with Crippen molar-refractivity contribution in [2.24, 2.45) is 11.8 Å². The molecule has 0 bridgehead atoms. The zero-order valence-corrected chi connectivity index (χ0v) is 86.7. The first-order chi connectivity index (χ1) is 69.9. The van der Waals surface area contributed by atoms with Gasteiger partial charge in [-0.3, -0.25) is 47.3 Å². The van der Waals surface area contributed by atoms with E-state index in [0.29, 0.717) is 189 Å². The summed E-state index contributed by atoms with van der Waals surface area (Å²) in [7, 11) is -27.0. The zero-order valence-electron chi connectivity index (χ0n) is 81.7. The molecule has 4 aliphatic heterocycles. The molecular formula is C98H123N12O31S6+. The summed E-state index contributed by atoms with van der Waals surface area (Å²) in [5, 5.41) is 5.12. The van der Waals surface area contributed by atoms with E-state index in [1.165, 1.54) is 31.4 Å². The summed E-state index contributed by atoms with van der Waals surface area (Å²) in [5.74, 6) is 8.66. The maximum Gasteiger partial charge on any atom is 0.407 e. The van der Waals surface area contributed by atoms with E-state index < -0.39 is 128 Å². The fourth-order valence-corrected chi connectivity index (χ4v) is 23.0. The van der Waals surface area contributed by atoms with Crippen LogP contribution in [-0.2, 0) is 143 Å². The third-order valence-corrected chi connectivity index (χ3v) is 31.6. The minimum Gasteiger partial charge on any atom is -0.497 e. The number of nitrogens with zero attached hydrogens (tertiary/aromatic N) is 8. The van der Waals surface area contributed by atoms with E-state index in [0.717, 1.165) is 23.3 Å². The molecule has 0 aliphatic carbocycles. The molecule has 0 radical (unpaired) electrons. The van der Waals surface area contributed by atoms with E-state index in [9.17, 15) is 97.5 Å². The quantitative estimate of drug-likeness (QED) is 0.00429. The molecule has 4 amide bonds. The van der Waals surface area contributed by atoms with Crippen LogP contribution in [-0.4, -0.2) is 294 Å². The maximum atomic E-state index is 14.5. The van der Waals surface area contributed by atoms with Gasteiger partial charge in [0, 0.05) is 150 Å². The third-order valence-electron chi connectivity index (χ3n) is 25.7. The van der Waals surface area contributed by atoms with Gasteiger partial charge in [-0.15, -0.1) is 0 Å². The standard InChI is InChI=1S/C98H122N12O31S6/c1-97(2)87(107(81-39-37-77-79(91(81)97)63-75(144(121,122)123)65-85(77)146(127,128)129)45-19-9-17-27-89(111)105-51-47-103(48-52-105)55-57-134-59-61-138-109(142(117)118)83(93(113)140-99)41-43-101-95(115)136-67-69-21-11-6-12-22-69)25-15-8-16-26-88-98(3,4)92-80-64-76(145(124,125)126)66-86(147(130,131)132)78(80)38-40-82(92)108(88)46-20-10-18-28-90(112)106-53-49-104(50-54-106)56-58-135-60-62-139-110(84(94(114)141-100)42-44-102-96(116)137-68-70-23-13-7-14-24-70)143(119,120)74-35-31-72(32-36-74)71-29-33-73(133-5)34-30-71/h6-8,11-16,21-26,29-40,63-66,83-84,142H,9-10,17-20,27-28,41-62,67-68,99-100H2,1-5H3,(H5-,101,102,115,116,121,122,123,124,125,126,127,128,129,130,131,132)/p+1/t83-,84+/m0/s1. The van der Waals surface area contributed by atoms with Crippen molar-refractivity contribution in [1.82, 2.24) is 39.2 Å². The molecule has 0 unspecified atom stereocenters. The van der Waals surface area contributed by atoms with Crippen LogP contribution in [0.5, 0.6) is 5.75 Å². The number of allylic oxidation sites excluding steroid dienone is 6. The smallest absolute Gasteiger partial charge is 0.407 e. The van der Waals surface area contributed by atoms with Crippen molar-refractivity contribution >= 4 is 136 Å². The molecule has 2 saturated heterocycles. The number of carbonyl (C=O) groups is 6. The van der Waals surface area contributed by atoms with Crippen molar-refractivity contribution in [3.8, 4) is 16.9 Å². The Hall–Kier alpha value is -11.7. The second-order valence-corrected chi connectivity index (χ2v) is 44.3. The Morgan fingerprint density at radius 3 is 1.46 bits per heavy atom. The van der Waals surface area contributed by atoms with Gasteiger partial charge in [0.25, 0.3) is 50.5 Å². The summed E-state index contributed by atoms with van der Waals surface area (Å²) in [6.07, 6.45) is 10.1. The van der Waals surface area contributed by atoms with E-state index in [-0.39, 0.29) is 130 Å². The Labute approximate surface area is 855 Å². The predicted molar refractivity (Wildman–Crippen MR) is 539 cm³/mol. The molecule has 0 spiro atoms. The van der Waals surface area contributed by atoms with Gasteiger partial charge in [0.15, 0.2) is 17.8 Å².